The Hall–Kier alpha value is -2.24. The highest BCUT2D eigenvalue weighted by Crippen LogP contribution is 2.17. The molecule has 72 valence electrons. The predicted octanol–water partition coefficient (Wildman–Crippen LogP) is 0.784. The van der Waals surface area contributed by atoms with E-state index in [0.717, 1.165) is 6.20 Å². The molecule has 1 rings (SSSR count). The molecule has 0 saturated carbocycles. The first-order valence-electron chi connectivity index (χ1n) is 3.67. The van der Waals surface area contributed by atoms with E-state index in [-0.39, 0.29) is 11.5 Å². The van der Waals surface area contributed by atoms with Crippen LogP contribution >= 0.6 is 0 Å². The quantitative estimate of drug-likeness (QED) is 0.331. The van der Waals surface area contributed by atoms with E-state index in [9.17, 15) is 14.9 Å². The van der Waals surface area contributed by atoms with E-state index in [1.807, 2.05) is 0 Å². The van der Waals surface area contributed by atoms with Crippen LogP contribution in [0.25, 0.3) is 6.08 Å². The molecule has 0 saturated heterocycles. The number of carbonyl (C=O) groups excluding carboxylic acids is 1. The Labute approximate surface area is 79.2 Å². The third-order valence-electron chi connectivity index (χ3n) is 1.50. The molecule has 0 aliphatic carbocycles. The zero-order valence-electron chi connectivity index (χ0n) is 7.08. The number of hydrogen-bond donors (Lipinski definition) is 1. The van der Waals surface area contributed by atoms with Crippen LogP contribution < -0.4 is 5.73 Å². The number of anilines is 1. The summed E-state index contributed by atoms with van der Waals surface area (Å²) in [6, 6.07) is 1.25. The average molecular weight is 193 g/mol. The van der Waals surface area contributed by atoms with Crippen molar-refractivity contribution in [1.82, 2.24) is 4.98 Å². The largest absolute Gasteiger partial charge is 0.383 e. The maximum atomic E-state index is 10.4. The van der Waals surface area contributed by atoms with Gasteiger partial charge in [-0.2, -0.15) is 0 Å². The van der Waals surface area contributed by atoms with Crippen LogP contribution in [0.15, 0.2) is 18.3 Å². The van der Waals surface area contributed by atoms with Crippen molar-refractivity contribution >= 4 is 23.9 Å². The normalized spacial score (nSPS) is 10.3. The van der Waals surface area contributed by atoms with Crippen molar-refractivity contribution in [1.29, 1.82) is 0 Å². The van der Waals surface area contributed by atoms with Crippen molar-refractivity contribution in [2.45, 2.75) is 0 Å². The van der Waals surface area contributed by atoms with Gasteiger partial charge in [-0.3, -0.25) is 14.9 Å². The van der Waals surface area contributed by atoms with Crippen molar-refractivity contribution in [3.05, 3.63) is 34.0 Å². The van der Waals surface area contributed by atoms with E-state index >= 15 is 0 Å². The maximum absolute atomic E-state index is 10.4. The van der Waals surface area contributed by atoms with E-state index < -0.39 is 4.92 Å². The number of allylic oxidation sites excluding steroid dienone is 1. The lowest BCUT2D eigenvalue weighted by Crippen LogP contribution is -1.96. The van der Waals surface area contributed by atoms with Crippen LogP contribution in [0.2, 0.25) is 0 Å². The molecule has 0 aromatic carbocycles. The fourth-order valence-electron chi connectivity index (χ4n) is 0.857. The van der Waals surface area contributed by atoms with Crippen molar-refractivity contribution in [3.8, 4) is 0 Å². The number of nitrogens with two attached hydrogens (primary N) is 1. The summed E-state index contributed by atoms with van der Waals surface area (Å²) in [4.78, 5) is 23.4. The number of aromatic nitrogens is 1. The number of nitro groups is 1. The smallest absolute Gasteiger partial charge is 0.288 e. The minimum atomic E-state index is -0.579. The second kappa shape index (κ2) is 4.13. The Bertz CT molecular complexity index is 401. The van der Waals surface area contributed by atoms with Gasteiger partial charge in [-0.15, -0.1) is 0 Å². The van der Waals surface area contributed by atoms with Gasteiger partial charge in [0.1, 0.15) is 18.3 Å². The second-order valence-electron chi connectivity index (χ2n) is 2.42. The number of rotatable bonds is 3. The highest BCUT2D eigenvalue weighted by atomic mass is 16.6. The summed E-state index contributed by atoms with van der Waals surface area (Å²) in [7, 11) is 0. The number of nitrogens with zero attached hydrogens (tertiary/aromatic N) is 2. The van der Waals surface area contributed by atoms with Crippen LogP contribution in [-0.2, 0) is 4.79 Å². The zero-order chi connectivity index (χ0) is 10.6. The summed E-state index contributed by atoms with van der Waals surface area (Å²) < 4.78 is 0. The van der Waals surface area contributed by atoms with Crippen molar-refractivity contribution in [2.24, 2.45) is 0 Å². The standard InChI is InChI=1S/C8H7N3O3/c9-8-6(2-1-3-12)4-7(5-10-8)11(13)14/h1-5H,(H2,9,10). The summed E-state index contributed by atoms with van der Waals surface area (Å²) in [5.41, 5.74) is 5.62. The maximum Gasteiger partial charge on any atom is 0.288 e. The molecule has 0 bridgehead atoms. The third kappa shape index (κ3) is 2.13. The monoisotopic (exact) mass is 193 g/mol. The Morgan fingerprint density at radius 3 is 2.86 bits per heavy atom. The van der Waals surface area contributed by atoms with Gasteiger partial charge in [0.2, 0.25) is 0 Å². The second-order valence-corrected chi connectivity index (χ2v) is 2.42. The molecular weight excluding hydrogens is 186 g/mol. The molecule has 0 aliphatic rings. The molecule has 1 aromatic heterocycles. The first kappa shape index (κ1) is 9.85. The first-order valence-corrected chi connectivity index (χ1v) is 3.67. The summed E-state index contributed by atoms with van der Waals surface area (Å²) in [5.74, 6) is 0.147. The highest BCUT2D eigenvalue weighted by Gasteiger charge is 2.07. The SMILES string of the molecule is Nc1ncc([N+](=O)[O-])cc1C=CC=O. The van der Waals surface area contributed by atoms with Gasteiger partial charge in [-0.05, 0) is 12.2 Å². The van der Waals surface area contributed by atoms with E-state index in [4.69, 9.17) is 5.73 Å². The number of aldehydes is 1. The average Bonchev–Trinajstić information content (AvgIpc) is 2.16. The molecule has 0 fully saturated rings. The van der Waals surface area contributed by atoms with E-state index in [2.05, 4.69) is 4.98 Å². The first-order chi connectivity index (χ1) is 6.65. The molecule has 0 spiro atoms. The minimum Gasteiger partial charge on any atom is -0.383 e. The van der Waals surface area contributed by atoms with E-state index in [1.165, 1.54) is 18.2 Å². The minimum absolute atomic E-state index is 0.147. The van der Waals surface area contributed by atoms with Gasteiger partial charge in [0.25, 0.3) is 5.69 Å². The molecule has 0 atom stereocenters. The van der Waals surface area contributed by atoms with E-state index in [1.54, 1.807) is 0 Å². The van der Waals surface area contributed by atoms with Gasteiger partial charge >= 0.3 is 0 Å². The van der Waals surface area contributed by atoms with Crippen LogP contribution in [0.3, 0.4) is 0 Å². The molecule has 0 aliphatic heterocycles. The third-order valence-corrected chi connectivity index (χ3v) is 1.50. The molecule has 6 heteroatoms. The molecule has 14 heavy (non-hydrogen) atoms. The van der Waals surface area contributed by atoms with Crippen LogP contribution in [0.4, 0.5) is 11.5 Å². The van der Waals surface area contributed by atoms with Crippen LogP contribution in [0.1, 0.15) is 5.56 Å². The van der Waals surface area contributed by atoms with Gasteiger partial charge in [-0.1, -0.05) is 0 Å². The summed E-state index contributed by atoms with van der Waals surface area (Å²) in [6.45, 7) is 0. The lowest BCUT2D eigenvalue weighted by atomic mass is 10.2. The van der Waals surface area contributed by atoms with Gasteiger partial charge in [0, 0.05) is 11.6 Å². The molecule has 1 heterocycles. The summed E-state index contributed by atoms with van der Waals surface area (Å²) >= 11 is 0. The van der Waals surface area contributed by atoms with Gasteiger partial charge in [-0.25, -0.2) is 4.98 Å². The number of hydrogen-bond acceptors (Lipinski definition) is 5. The Kier molecular flexibility index (Phi) is 2.90. The molecule has 1 aromatic rings. The molecule has 0 amide bonds. The number of carbonyl (C=O) groups is 1. The van der Waals surface area contributed by atoms with Crippen LogP contribution in [0, 0.1) is 10.1 Å². The molecule has 0 unspecified atom stereocenters. The van der Waals surface area contributed by atoms with Gasteiger partial charge in [0.05, 0.1) is 4.92 Å². The van der Waals surface area contributed by atoms with Crippen molar-refractivity contribution in [3.63, 3.8) is 0 Å². The number of nitrogen functional groups attached to an aromatic ring is 1. The number of pyridine rings is 1. The summed E-state index contributed by atoms with van der Waals surface area (Å²) in [6.07, 6.45) is 4.17. The van der Waals surface area contributed by atoms with Crippen molar-refractivity contribution < 1.29 is 9.72 Å². The molecule has 0 radical (unpaired) electrons. The Morgan fingerprint density at radius 1 is 1.57 bits per heavy atom. The Balaban J connectivity index is 3.14. The van der Waals surface area contributed by atoms with Crippen LogP contribution in [0.5, 0.6) is 0 Å². The zero-order valence-corrected chi connectivity index (χ0v) is 7.08. The summed E-state index contributed by atoms with van der Waals surface area (Å²) in [5, 5.41) is 10.4. The predicted molar refractivity (Wildman–Crippen MR) is 50.4 cm³/mol. The van der Waals surface area contributed by atoms with Crippen LogP contribution in [-0.4, -0.2) is 16.2 Å². The lowest BCUT2D eigenvalue weighted by molar-refractivity contribution is -0.385. The molecule has 6 nitrogen and oxygen atoms in total. The van der Waals surface area contributed by atoms with Crippen molar-refractivity contribution in [2.75, 3.05) is 5.73 Å². The van der Waals surface area contributed by atoms with Gasteiger partial charge in [0.15, 0.2) is 0 Å². The highest BCUT2D eigenvalue weighted by molar-refractivity contribution is 5.76. The van der Waals surface area contributed by atoms with E-state index in [0.29, 0.717) is 11.8 Å². The molecule has 2 N–H and O–H groups in total. The Morgan fingerprint density at radius 2 is 2.29 bits per heavy atom. The fourth-order valence-corrected chi connectivity index (χ4v) is 0.857. The molecular formula is C8H7N3O3. The lowest BCUT2D eigenvalue weighted by Gasteiger charge is -1.97. The fraction of sp³-hybridized carbons (Fsp3) is 0. The topological polar surface area (TPSA) is 99.1 Å². The van der Waals surface area contributed by atoms with Gasteiger partial charge < -0.3 is 5.73 Å².